The zero-order valence-corrected chi connectivity index (χ0v) is 16.7. The van der Waals surface area contributed by atoms with Gasteiger partial charge in [-0.15, -0.1) is 0 Å². The first-order valence-electron chi connectivity index (χ1n) is 9.58. The van der Waals surface area contributed by atoms with Crippen LogP contribution in [-0.4, -0.2) is 9.97 Å². The van der Waals surface area contributed by atoms with Crippen LogP contribution in [0.3, 0.4) is 0 Å². The van der Waals surface area contributed by atoms with E-state index in [9.17, 15) is 9.65 Å². The summed E-state index contributed by atoms with van der Waals surface area (Å²) in [5.41, 5.74) is 6.32. The maximum absolute atomic E-state index is 13.0. The molecule has 0 saturated carbocycles. The number of hydrogen-bond donors (Lipinski definition) is 1. The molecule has 1 N–H and O–H groups in total. The molecule has 3 aromatic carbocycles. The smallest absolute Gasteiger partial charge is 0.149 e. The molecular formula is C25H20FN3O. The number of nitrogens with one attached hydrogen (secondary N) is 1. The first-order valence-corrected chi connectivity index (χ1v) is 9.58. The van der Waals surface area contributed by atoms with Gasteiger partial charge >= 0.3 is 0 Å². The van der Waals surface area contributed by atoms with E-state index >= 15 is 0 Å². The van der Waals surface area contributed by atoms with Crippen LogP contribution in [0.2, 0.25) is 0 Å². The summed E-state index contributed by atoms with van der Waals surface area (Å²) in [7, 11) is 0. The fourth-order valence-electron chi connectivity index (χ4n) is 3.12. The number of nitriles is 1. The minimum atomic E-state index is -0.266. The summed E-state index contributed by atoms with van der Waals surface area (Å²) in [6.45, 7) is 4.45. The Morgan fingerprint density at radius 1 is 1.07 bits per heavy atom. The second-order valence-corrected chi connectivity index (χ2v) is 7.19. The SMILES string of the molecule is Cc1cc2nc(/C(C#N)=C\c3ccc(OCc4ccc(F)cc4)cc3)[nH]c2cc1C. The largest absolute Gasteiger partial charge is 0.489 e. The van der Waals surface area contributed by atoms with Gasteiger partial charge in [-0.05, 0) is 78.6 Å². The van der Waals surface area contributed by atoms with Crippen molar-refractivity contribution in [3.63, 3.8) is 0 Å². The van der Waals surface area contributed by atoms with Crippen molar-refractivity contribution in [1.29, 1.82) is 5.26 Å². The molecule has 5 heteroatoms. The van der Waals surface area contributed by atoms with Gasteiger partial charge in [0, 0.05) is 0 Å². The van der Waals surface area contributed by atoms with Gasteiger partial charge in [-0.1, -0.05) is 24.3 Å². The van der Waals surface area contributed by atoms with Crippen LogP contribution < -0.4 is 4.74 Å². The van der Waals surface area contributed by atoms with Crippen LogP contribution >= 0.6 is 0 Å². The molecule has 0 aliphatic carbocycles. The van der Waals surface area contributed by atoms with Crippen LogP contribution in [0.15, 0.2) is 60.7 Å². The third-order valence-corrected chi connectivity index (χ3v) is 4.98. The zero-order chi connectivity index (χ0) is 21.1. The maximum atomic E-state index is 13.0. The highest BCUT2D eigenvalue weighted by Crippen LogP contribution is 2.23. The number of nitrogens with zero attached hydrogens (tertiary/aromatic N) is 2. The van der Waals surface area contributed by atoms with Crippen molar-refractivity contribution in [3.8, 4) is 11.8 Å². The molecule has 0 aliphatic rings. The Kier molecular flexibility index (Phi) is 5.32. The van der Waals surface area contributed by atoms with E-state index in [-0.39, 0.29) is 5.82 Å². The molecule has 0 radical (unpaired) electrons. The van der Waals surface area contributed by atoms with Crippen LogP contribution in [0, 0.1) is 31.0 Å². The lowest BCUT2D eigenvalue weighted by atomic mass is 10.1. The van der Waals surface area contributed by atoms with Gasteiger partial charge in [-0.25, -0.2) is 9.37 Å². The fourth-order valence-corrected chi connectivity index (χ4v) is 3.12. The average molecular weight is 397 g/mol. The zero-order valence-electron chi connectivity index (χ0n) is 16.7. The molecule has 4 rings (SSSR count). The Labute approximate surface area is 174 Å². The van der Waals surface area contributed by atoms with E-state index in [1.165, 1.54) is 23.3 Å². The van der Waals surface area contributed by atoms with Crippen molar-refractivity contribution in [3.05, 3.63) is 94.6 Å². The molecule has 1 heterocycles. The Hall–Kier alpha value is -3.91. The molecule has 0 saturated heterocycles. The first-order chi connectivity index (χ1) is 14.5. The van der Waals surface area contributed by atoms with Crippen molar-refractivity contribution in [1.82, 2.24) is 9.97 Å². The standard InChI is InChI=1S/C25H20FN3O/c1-16-11-23-24(12-17(16)2)29-25(28-23)20(14-27)13-18-5-9-22(10-6-18)30-15-19-3-7-21(26)8-4-19/h3-13H,15H2,1-2H3,(H,28,29)/b20-13-. The van der Waals surface area contributed by atoms with Crippen LogP contribution in [-0.2, 0) is 6.61 Å². The molecule has 0 fully saturated rings. The van der Waals surface area contributed by atoms with E-state index in [0.29, 0.717) is 23.8 Å². The number of hydrogen-bond acceptors (Lipinski definition) is 3. The van der Waals surface area contributed by atoms with Crippen molar-refractivity contribution in [2.75, 3.05) is 0 Å². The number of allylic oxidation sites excluding steroid dienone is 1. The van der Waals surface area contributed by atoms with Gasteiger partial charge in [0.2, 0.25) is 0 Å². The number of ether oxygens (including phenoxy) is 1. The molecule has 1 aromatic heterocycles. The van der Waals surface area contributed by atoms with Gasteiger partial charge in [0.15, 0.2) is 0 Å². The Balaban J connectivity index is 1.51. The van der Waals surface area contributed by atoms with Crippen molar-refractivity contribution < 1.29 is 9.13 Å². The summed E-state index contributed by atoms with van der Waals surface area (Å²) in [5, 5.41) is 9.63. The van der Waals surface area contributed by atoms with E-state index in [1.807, 2.05) is 43.3 Å². The lowest BCUT2D eigenvalue weighted by molar-refractivity contribution is 0.306. The number of rotatable bonds is 5. The Bertz CT molecular complexity index is 1220. The average Bonchev–Trinajstić information content (AvgIpc) is 3.15. The normalized spacial score (nSPS) is 11.5. The highest BCUT2D eigenvalue weighted by atomic mass is 19.1. The predicted octanol–water partition coefficient (Wildman–Crippen LogP) is 5.96. The molecule has 0 spiro atoms. The van der Waals surface area contributed by atoms with Crippen molar-refractivity contribution >= 4 is 22.7 Å². The fraction of sp³-hybridized carbons (Fsp3) is 0.120. The van der Waals surface area contributed by atoms with E-state index in [4.69, 9.17) is 4.74 Å². The second-order valence-electron chi connectivity index (χ2n) is 7.19. The van der Waals surface area contributed by atoms with Crippen LogP contribution in [0.4, 0.5) is 4.39 Å². The molecule has 4 nitrogen and oxygen atoms in total. The summed E-state index contributed by atoms with van der Waals surface area (Å²) in [5.74, 6) is 0.983. The molecule has 30 heavy (non-hydrogen) atoms. The number of fused-ring (bicyclic) bond motifs is 1. The number of H-pyrrole nitrogens is 1. The third-order valence-electron chi connectivity index (χ3n) is 4.98. The first kappa shape index (κ1) is 19.4. The third kappa shape index (κ3) is 4.23. The van der Waals surface area contributed by atoms with E-state index in [2.05, 4.69) is 23.0 Å². The van der Waals surface area contributed by atoms with Crippen molar-refractivity contribution in [2.45, 2.75) is 20.5 Å². The maximum Gasteiger partial charge on any atom is 0.149 e. The van der Waals surface area contributed by atoms with Gasteiger partial charge in [0.05, 0.1) is 16.6 Å². The van der Waals surface area contributed by atoms with E-state index in [0.717, 1.165) is 22.2 Å². The highest BCUT2D eigenvalue weighted by Gasteiger charge is 2.09. The summed E-state index contributed by atoms with van der Waals surface area (Å²) in [4.78, 5) is 7.81. The number of aryl methyl sites for hydroxylation is 2. The van der Waals surface area contributed by atoms with Crippen LogP contribution in [0.5, 0.6) is 5.75 Å². The number of aromatic amines is 1. The van der Waals surface area contributed by atoms with E-state index < -0.39 is 0 Å². The summed E-state index contributed by atoms with van der Waals surface area (Å²) < 4.78 is 18.7. The van der Waals surface area contributed by atoms with Gasteiger partial charge in [-0.3, -0.25) is 0 Å². The summed E-state index contributed by atoms with van der Waals surface area (Å²) >= 11 is 0. The lowest BCUT2D eigenvalue weighted by Crippen LogP contribution is -1.95. The Morgan fingerprint density at radius 3 is 2.47 bits per heavy atom. The molecule has 0 atom stereocenters. The number of imidazole rings is 1. The van der Waals surface area contributed by atoms with Crippen LogP contribution in [0.25, 0.3) is 22.7 Å². The minimum absolute atomic E-state index is 0.266. The number of halogens is 1. The van der Waals surface area contributed by atoms with Gasteiger partial charge in [0.1, 0.15) is 30.1 Å². The van der Waals surface area contributed by atoms with Crippen molar-refractivity contribution in [2.24, 2.45) is 0 Å². The molecule has 0 unspecified atom stereocenters. The molecular weight excluding hydrogens is 377 g/mol. The molecule has 0 bridgehead atoms. The number of benzene rings is 3. The lowest BCUT2D eigenvalue weighted by Gasteiger charge is -2.06. The van der Waals surface area contributed by atoms with E-state index in [1.54, 1.807) is 18.2 Å². The summed E-state index contributed by atoms with van der Waals surface area (Å²) in [6.07, 6.45) is 1.79. The second kappa shape index (κ2) is 8.22. The van der Waals surface area contributed by atoms with Crippen LogP contribution in [0.1, 0.15) is 28.1 Å². The quantitative estimate of drug-likeness (QED) is 0.423. The van der Waals surface area contributed by atoms with Gasteiger partial charge in [0.25, 0.3) is 0 Å². The van der Waals surface area contributed by atoms with Gasteiger partial charge < -0.3 is 9.72 Å². The summed E-state index contributed by atoms with van der Waals surface area (Å²) in [6, 6.07) is 20.0. The molecule has 148 valence electrons. The van der Waals surface area contributed by atoms with Gasteiger partial charge in [-0.2, -0.15) is 5.26 Å². The molecule has 4 aromatic rings. The minimum Gasteiger partial charge on any atom is -0.489 e. The topological polar surface area (TPSA) is 61.7 Å². The molecule has 0 aliphatic heterocycles. The Morgan fingerprint density at radius 2 is 1.77 bits per heavy atom. The number of aromatic nitrogens is 2. The predicted molar refractivity (Wildman–Crippen MR) is 116 cm³/mol. The highest BCUT2D eigenvalue weighted by molar-refractivity contribution is 5.90. The monoisotopic (exact) mass is 397 g/mol. The molecule has 0 amide bonds.